The second-order valence-corrected chi connectivity index (χ2v) is 4.58. The maximum atomic E-state index is 12.2. The molecule has 0 aliphatic heterocycles. The molecule has 2 rings (SSSR count). The van der Waals surface area contributed by atoms with Crippen LogP contribution in [0.15, 0.2) is 22.6 Å². The molecule has 0 bridgehead atoms. The van der Waals surface area contributed by atoms with Gasteiger partial charge < -0.3 is 15.1 Å². The summed E-state index contributed by atoms with van der Waals surface area (Å²) in [5.41, 5.74) is 6.59. The first kappa shape index (κ1) is 16.3. The minimum atomic E-state index is -0.163. The van der Waals surface area contributed by atoms with Gasteiger partial charge >= 0.3 is 0 Å². The standard InChI is InChI=1S/C13H18N4O2.ClH/c1-8(7-14)17(3)13(18)11-6-10(15-16-11)12-5-4-9(2)19-12;/h4-6,8H,7,14H2,1-3H3,(H,15,16);1H. The van der Waals surface area contributed by atoms with E-state index in [2.05, 4.69) is 10.2 Å². The van der Waals surface area contributed by atoms with Crippen molar-refractivity contribution in [1.82, 2.24) is 15.1 Å². The van der Waals surface area contributed by atoms with Gasteiger partial charge in [-0.3, -0.25) is 9.89 Å². The molecule has 0 aromatic carbocycles. The first-order valence-corrected chi connectivity index (χ1v) is 6.12. The monoisotopic (exact) mass is 298 g/mol. The molecule has 0 aliphatic rings. The van der Waals surface area contributed by atoms with Gasteiger partial charge in [-0.15, -0.1) is 12.4 Å². The van der Waals surface area contributed by atoms with Crippen molar-refractivity contribution in [3.8, 4) is 11.5 Å². The lowest BCUT2D eigenvalue weighted by atomic mass is 10.2. The predicted octanol–water partition coefficient (Wildman–Crippen LogP) is 1.82. The van der Waals surface area contributed by atoms with Crippen LogP contribution in [0.2, 0.25) is 0 Å². The Morgan fingerprint density at radius 1 is 1.55 bits per heavy atom. The normalized spacial score (nSPS) is 11.8. The van der Waals surface area contributed by atoms with Crippen molar-refractivity contribution < 1.29 is 9.21 Å². The summed E-state index contributed by atoms with van der Waals surface area (Å²) >= 11 is 0. The Hall–Kier alpha value is -1.79. The molecular formula is C13H19ClN4O2. The highest BCUT2D eigenvalue weighted by Crippen LogP contribution is 2.20. The second-order valence-electron chi connectivity index (χ2n) is 4.58. The predicted molar refractivity (Wildman–Crippen MR) is 78.9 cm³/mol. The Labute approximate surface area is 123 Å². The van der Waals surface area contributed by atoms with Crippen LogP contribution < -0.4 is 5.73 Å². The molecule has 1 unspecified atom stereocenters. The molecule has 20 heavy (non-hydrogen) atoms. The van der Waals surface area contributed by atoms with Gasteiger partial charge in [0.15, 0.2) is 11.5 Å². The number of halogens is 1. The highest BCUT2D eigenvalue weighted by Gasteiger charge is 2.20. The molecule has 0 aliphatic carbocycles. The van der Waals surface area contributed by atoms with E-state index in [9.17, 15) is 4.79 Å². The summed E-state index contributed by atoms with van der Waals surface area (Å²) < 4.78 is 5.48. The number of likely N-dealkylation sites (N-methyl/N-ethyl adjacent to an activating group) is 1. The second kappa shape index (κ2) is 6.58. The highest BCUT2D eigenvalue weighted by molar-refractivity contribution is 5.93. The molecule has 0 fully saturated rings. The van der Waals surface area contributed by atoms with Gasteiger partial charge in [-0.05, 0) is 26.0 Å². The molecule has 7 heteroatoms. The zero-order chi connectivity index (χ0) is 14.0. The number of hydrogen-bond acceptors (Lipinski definition) is 4. The van der Waals surface area contributed by atoms with E-state index >= 15 is 0 Å². The molecule has 0 radical (unpaired) electrons. The van der Waals surface area contributed by atoms with Gasteiger partial charge in [-0.1, -0.05) is 0 Å². The fourth-order valence-electron chi connectivity index (χ4n) is 1.68. The van der Waals surface area contributed by atoms with Gasteiger partial charge in [0.1, 0.15) is 11.5 Å². The first-order valence-electron chi connectivity index (χ1n) is 6.12. The van der Waals surface area contributed by atoms with Gasteiger partial charge in [0.2, 0.25) is 0 Å². The molecule has 0 saturated heterocycles. The van der Waals surface area contributed by atoms with Gasteiger partial charge in [-0.2, -0.15) is 5.10 Å². The Morgan fingerprint density at radius 2 is 2.25 bits per heavy atom. The third kappa shape index (κ3) is 3.20. The third-order valence-electron chi connectivity index (χ3n) is 3.13. The minimum absolute atomic E-state index is 0. The number of aryl methyl sites for hydroxylation is 1. The van der Waals surface area contributed by atoms with Crippen molar-refractivity contribution in [3.63, 3.8) is 0 Å². The number of aromatic amines is 1. The summed E-state index contributed by atoms with van der Waals surface area (Å²) in [5.74, 6) is 1.31. The molecule has 1 amide bonds. The number of aromatic nitrogens is 2. The topological polar surface area (TPSA) is 88.1 Å². The number of hydrogen-bond donors (Lipinski definition) is 2. The quantitative estimate of drug-likeness (QED) is 0.901. The van der Waals surface area contributed by atoms with Crippen molar-refractivity contribution in [3.05, 3.63) is 29.7 Å². The Kier molecular flexibility index (Phi) is 5.35. The SMILES string of the molecule is Cc1ccc(-c2cc(C(=O)N(C)C(C)CN)n[nH]2)o1.Cl. The van der Waals surface area contributed by atoms with Crippen LogP contribution in [-0.2, 0) is 0 Å². The van der Waals surface area contributed by atoms with E-state index in [1.807, 2.05) is 26.0 Å². The summed E-state index contributed by atoms with van der Waals surface area (Å²) in [5, 5.41) is 6.83. The van der Waals surface area contributed by atoms with E-state index in [1.54, 1.807) is 18.0 Å². The van der Waals surface area contributed by atoms with E-state index in [0.717, 1.165) is 5.76 Å². The number of carbonyl (C=O) groups is 1. The van der Waals surface area contributed by atoms with Gasteiger partial charge in [0, 0.05) is 25.7 Å². The molecular weight excluding hydrogens is 280 g/mol. The maximum Gasteiger partial charge on any atom is 0.274 e. The summed E-state index contributed by atoms with van der Waals surface area (Å²) in [4.78, 5) is 13.7. The van der Waals surface area contributed by atoms with E-state index in [1.165, 1.54) is 0 Å². The number of amides is 1. The number of nitrogens with one attached hydrogen (secondary N) is 1. The number of furan rings is 1. The molecule has 2 aromatic heterocycles. The Bertz CT molecular complexity index is 578. The fourth-order valence-corrected chi connectivity index (χ4v) is 1.68. The zero-order valence-electron chi connectivity index (χ0n) is 11.7. The average molecular weight is 299 g/mol. The number of nitrogens with zero attached hydrogens (tertiary/aromatic N) is 2. The van der Waals surface area contributed by atoms with Crippen LogP contribution in [0.3, 0.4) is 0 Å². The van der Waals surface area contributed by atoms with Crippen molar-refractivity contribution in [1.29, 1.82) is 0 Å². The number of nitrogens with two attached hydrogens (primary N) is 1. The average Bonchev–Trinajstić information content (AvgIpc) is 3.04. The largest absolute Gasteiger partial charge is 0.460 e. The summed E-state index contributed by atoms with van der Waals surface area (Å²) in [6.07, 6.45) is 0. The van der Waals surface area contributed by atoms with Crippen LogP contribution in [0.1, 0.15) is 23.2 Å². The van der Waals surface area contributed by atoms with Crippen LogP contribution >= 0.6 is 12.4 Å². The van der Waals surface area contributed by atoms with Crippen molar-refractivity contribution in [2.75, 3.05) is 13.6 Å². The lowest BCUT2D eigenvalue weighted by Gasteiger charge is -2.22. The van der Waals surface area contributed by atoms with Gasteiger partial charge in [-0.25, -0.2) is 0 Å². The smallest absolute Gasteiger partial charge is 0.274 e. The van der Waals surface area contributed by atoms with E-state index < -0.39 is 0 Å². The lowest BCUT2D eigenvalue weighted by Crippen LogP contribution is -2.39. The van der Waals surface area contributed by atoms with Crippen LogP contribution in [0, 0.1) is 6.92 Å². The Balaban J connectivity index is 0.00000200. The Morgan fingerprint density at radius 3 is 2.80 bits per heavy atom. The van der Waals surface area contributed by atoms with Crippen LogP contribution in [-0.4, -0.2) is 40.6 Å². The van der Waals surface area contributed by atoms with Gasteiger partial charge in [0.05, 0.1) is 0 Å². The molecule has 0 saturated carbocycles. The summed E-state index contributed by atoms with van der Waals surface area (Å²) in [6, 6.07) is 5.35. The molecule has 2 aromatic rings. The molecule has 1 atom stereocenters. The fraction of sp³-hybridized carbons (Fsp3) is 0.385. The zero-order valence-corrected chi connectivity index (χ0v) is 12.5. The molecule has 3 N–H and O–H groups in total. The number of H-pyrrole nitrogens is 1. The van der Waals surface area contributed by atoms with E-state index in [-0.39, 0.29) is 24.4 Å². The number of carbonyl (C=O) groups excluding carboxylic acids is 1. The van der Waals surface area contributed by atoms with Crippen LogP contribution in [0.5, 0.6) is 0 Å². The first-order chi connectivity index (χ1) is 9.02. The number of rotatable bonds is 4. The van der Waals surface area contributed by atoms with Crippen LogP contribution in [0.4, 0.5) is 0 Å². The van der Waals surface area contributed by atoms with Gasteiger partial charge in [0.25, 0.3) is 5.91 Å². The van der Waals surface area contributed by atoms with Crippen molar-refractivity contribution >= 4 is 18.3 Å². The molecule has 110 valence electrons. The summed E-state index contributed by atoms with van der Waals surface area (Å²) in [6.45, 7) is 4.17. The summed E-state index contributed by atoms with van der Waals surface area (Å²) in [7, 11) is 1.71. The van der Waals surface area contributed by atoms with Crippen molar-refractivity contribution in [2.24, 2.45) is 5.73 Å². The third-order valence-corrected chi connectivity index (χ3v) is 3.13. The molecule has 6 nitrogen and oxygen atoms in total. The van der Waals surface area contributed by atoms with E-state index in [4.69, 9.17) is 10.2 Å². The van der Waals surface area contributed by atoms with Crippen molar-refractivity contribution in [2.45, 2.75) is 19.9 Å². The maximum absolute atomic E-state index is 12.2. The van der Waals surface area contributed by atoms with Crippen LogP contribution in [0.25, 0.3) is 11.5 Å². The lowest BCUT2D eigenvalue weighted by molar-refractivity contribution is 0.0742. The molecule has 2 heterocycles. The molecule has 0 spiro atoms. The van der Waals surface area contributed by atoms with E-state index in [0.29, 0.717) is 23.7 Å². The minimum Gasteiger partial charge on any atom is -0.460 e. The highest BCUT2D eigenvalue weighted by atomic mass is 35.5.